The quantitative estimate of drug-likeness (QED) is 0.538. The number of aliphatic hydroxyl groups excluding tert-OH is 1. The van der Waals surface area contributed by atoms with Crippen LogP contribution in [0.4, 0.5) is 0 Å². The van der Waals surface area contributed by atoms with E-state index in [1.807, 2.05) is 0 Å². The van der Waals surface area contributed by atoms with Gasteiger partial charge in [0.25, 0.3) is 0 Å². The van der Waals surface area contributed by atoms with Crippen molar-refractivity contribution in [3.05, 3.63) is 48.0 Å². The van der Waals surface area contributed by atoms with Crippen molar-refractivity contribution >= 4 is 0 Å². The van der Waals surface area contributed by atoms with E-state index >= 15 is 0 Å². The van der Waals surface area contributed by atoms with Crippen molar-refractivity contribution < 1.29 is 35.0 Å². The topological polar surface area (TPSA) is 120 Å². The Bertz CT molecular complexity index is 792. The lowest BCUT2D eigenvalue weighted by atomic mass is 9.93. The highest BCUT2D eigenvalue weighted by Crippen LogP contribution is 2.45. The molecule has 0 bridgehead atoms. The third-order valence-corrected chi connectivity index (χ3v) is 3.93. The molecule has 2 aromatic carbocycles. The maximum Gasteiger partial charge on any atom is 0.203 e. The molecule has 5 N–H and O–H groups in total. The van der Waals surface area contributed by atoms with Crippen LogP contribution >= 0.6 is 0 Å². The van der Waals surface area contributed by atoms with Crippen LogP contribution in [0.15, 0.2) is 36.9 Å². The van der Waals surface area contributed by atoms with E-state index in [9.17, 15) is 25.5 Å². The van der Waals surface area contributed by atoms with Crippen LogP contribution in [0.3, 0.4) is 0 Å². The number of benzene rings is 2. The molecule has 2 atom stereocenters. The molecule has 132 valence electrons. The first kappa shape index (κ1) is 16.8. The smallest absolute Gasteiger partial charge is 0.203 e. The third kappa shape index (κ3) is 3.14. The fourth-order valence-corrected chi connectivity index (χ4v) is 2.82. The summed E-state index contributed by atoms with van der Waals surface area (Å²) >= 11 is 0. The van der Waals surface area contributed by atoms with Gasteiger partial charge in [0, 0.05) is 29.7 Å². The van der Waals surface area contributed by atoms with Crippen molar-refractivity contribution in [2.24, 2.45) is 0 Å². The SMILES string of the molecule is C=CCOc1c(O)cc([C@@H]2Oc3cc(O)cc(O)c3C[C@H]2O)cc1O. The van der Waals surface area contributed by atoms with E-state index in [2.05, 4.69) is 6.58 Å². The minimum Gasteiger partial charge on any atom is -0.508 e. The predicted octanol–water partition coefficient (Wildman–Crippen LogP) is 2.11. The lowest BCUT2D eigenvalue weighted by Crippen LogP contribution is -2.30. The molecule has 1 heterocycles. The molecule has 0 unspecified atom stereocenters. The van der Waals surface area contributed by atoms with Crippen molar-refractivity contribution in [3.63, 3.8) is 0 Å². The van der Waals surface area contributed by atoms with E-state index in [1.165, 1.54) is 30.3 Å². The number of phenols is 4. The molecule has 0 spiro atoms. The Morgan fingerprint density at radius 3 is 2.40 bits per heavy atom. The van der Waals surface area contributed by atoms with Gasteiger partial charge in [-0.2, -0.15) is 0 Å². The molecule has 0 saturated carbocycles. The van der Waals surface area contributed by atoms with Crippen molar-refractivity contribution in [1.82, 2.24) is 0 Å². The lowest BCUT2D eigenvalue weighted by Gasteiger charge is -2.31. The second kappa shape index (κ2) is 6.45. The molecule has 0 amide bonds. The molecule has 7 nitrogen and oxygen atoms in total. The van der Waals surface area contributed by atoms with E-state index in [4.69, 9.17) is 9.47 Å². The van der Waals surface area contributed by atoms with Gasteiger partial charge in [0.2, 0.25) is 5.75 Å². The summed E-state index contributed by atoms with van der Waals surface area (Å²) in [6.07, 6.45) is -0.375. The summed E-state index contributed by atoms with van der Waals surface area (Å²) in [7, 11) is 0. The standard InChI is InChI=1S/C18H18O7/c1-2-3-24-18-13(21)4-9(5-14(18)22)17-15(23)8-11-12(20)6-10(19)7-16(11)25-17/h2,4-7,15,17,19-23H,1,3,8H2/t15-,17+/m1/s1. The molecule has 7 heteroatoms. The molecule has 0 saturated heterocycles. The van der Waals surface area contributed by atoms with Gasteiger partial charge < -0.3 is 35.0 Å². The van der Waals surface area contributed by atoms with Gasteiger partial charge in [0.1, 0.15) is 23.9 Å². The molecule has 1 aliphatic heterocycles. The number of rotatable bonds is 4. The summed E-state index contributed by atoms with van der Waals surface area (Å²) < 4.78 is 10.9. The first-order chi connectivity index (χ1) is 11.9. The molecular weight excluding hydrogens is 328 g/mol. The monoisotopic (exact) mass is 346 g/mol. The van der Waals surface area contributed by atoms with Crippen molar-refractivity contribution in [2.75, 3.05) is 6.61 Å². The van der Waals surface area contributed by atoms with Gasteiger partial charge in [-0.05, 0) is 12.1 Å². The van der Waals surface area contributed by atoms with E-state index in [1.54, 1.807) is 0 Å². The minimum atomic E-state index is -1.03. The molecule has 3 rings (SSSR count). The second-order valence-electron chi connectivity index (χ2n) is 5.74. The predicted molar refractivity (Wildman–Crippen MR) is 88.3 cm³/mol. The Balaban J connectivity index is 1.95. The molecule has 1 aliphatic rings. The van der Waals surface area contributed by atoms with Crippen LogP contribution in [-0.2, 0) is 6.42 Å². The Morgan fingerprint density at radius 1 is 1.08 bits per heavy atom. The molecular formula is C18H18O7. The Hall–Kier alpha value is -3.06. The van der Waals surface area contributed by atoms with Gasteiger partial charge in [-0.1, -0.05) is 12.7 Å². The molecule has 0 aromatic heterocycles. The summed E-state index contributed by atoms with van der Waals surface area (Å²) in [5.41, 5.74) is 0.697. The van der Waals surface area contributed by atoms with Gasteiger partial charge in [0.05, 0.1) is 6.10 Å². The van der Waals surface area contributed by atoms with Crippen LogP contribution in [0, 0.1) is 0 Å². The minimum absolute atomic E-state index is 0.0857. The zero-order valence-corrected chi connectivity index (χ0v) is 13.2. The average Bonchev–Trinajstić information content (AvgIpc) is 2.54. The highest BCUT2D eigenvalue weighted by Gasteiger charge is 2.33. The number of phenolic OH excluding ortho intramolecular Hbond substituents is 4. The van der Waals surface area contributed by atoms with Gasteiger partial charge in [-0.3, -0.25) is 0 Å². The van der Waals surface area contributed by atoms with Crippen LogP contribution < -0.4 is 9.47 Å². The van der Waals surface area contributed by atoms with Gasteiger partial charge in [0.15, 0.2) is 17.6 Å². The highest BCUT2D eigenvalue weighted by molar-refractivity contribution is 5.55. The van der Waals surface area contributed by atoms with Crippen molar-refractivity contribution in [3.8, 4) is 34.5 Å². The van der Waals surface area contributed by atoms with E-state index < -0.39 is 12.2 Å². The van der Waals surface area contributed by atoms with Gasteiger partial charge in [-0.15, -0.1) is 0 Å². The number of fused-ring (bicyclic) bond motifs is 1. The largest absolute Gasteiger partial charge is 0.508 e. The summed E-state index contributed by atoms with van der Waals surface area (Å²) in [6.45, 7) is 3.60. The number of aromatic hydroxyl groups is 4. The number of aliphatic hydroxyl groups is 1. The maximum atomic E-state index is 10.3. The Labute approximate surface area is 143 Å². The molecule has 0 fully saturated rings. The molecule has 0 radical (unpaired) electrons. The molecule has 25 heavy (non-hydrogen) atoms. The van der Waals surface area contributed by atoms with Crippen molar-refractivity contribution in [1.29, 1.82) is 0 Å². The average molecular weight is 346 g/mol. The van der Waals surface area contributed by atoms with Gasteiger partial charge in [-0.25, -0.2) is 0 Å². The summed E-state index contributed by atoms with van der Waals surface area (Å²) in [5, 5.41) is 49.9. The van der Waals surface area contributed by atoms with Crippen LogP contribution in [0.5, 0.6) is 34.5 Å². The van der Waals surface area contributed by atoms with Crippen LogP contribution in [0.2, 0.25) is 0 Å². The first-order valence-electron chi connectivity index (χ1n) is 7.59. The normalized spacial score (nSPS) is 18.9. The number of hydrogen-bond donors (Lipinski definition) is 5. The summed E-state index contributed by atoms with van der Waals surface area (Å²) in [6, 6.07) is 5.13. The Morgan fingerprint density at radius 2 is 1.76 bits per heavy atom. The fourth-order valence-electron chi connectivity index (χ4n) is 2.82. The maximum absolute atomic E-state index is 10.3. The zero-order valence-electron chi connectivity index (χ0n) is 13.2. The summed E-state index contributed by atoms with van der Waals surface area (Å²) in [4.78, 5) is 0. The lowest BCUT2D eigenvalue weighted by molar-refractivity contribution is 0.0195. The van der Waals surface area contributed by atoms with Crippen molar-refractivity contribution in [2.45, 2.75) is 18.6 Å². The summed E-state index contributed by atoms with van der Waals surface area (Å²) in [5.74, 6) is -0.838. The van der Waals surface area contributed by atoms with E-state index in [0.29, 0.717) is 11.1 Å². The third-order valence-electron chi connectivity index (χ3n) is 3.93. The van der Waals surface area contributed by atoms with Crippen LogP contribution in [-0.4, -0.2) is 38.2 Å². The van der Waals surface area contributed by atoms with Crippen LogP contribution in [0.1, 0.15) is 17.2 Å². The van der Waals surface area contributed by atoms with Crippen LogP contribution in [0.25, 0.3) is 0 Å². The fraction of sp³-hybridized carbons (Fsp3) is 0.222. The first-order valence-corrected chi connectivity index (χ1v) is 7.59. The number of hydrogen-bond acceptors (Lipinski definition) is 7. The van der Waals surface area contributed by atoms with Gasteiger partial charge >= 0.3 is 0 Å². The zero-order chi connectivity index (χ0) is 18.1. The van der Waals surface area contributed by atoms with E-state index in [-0.39, 0.29) is 47.5 Å². The van der Waals surface area contributed by atoms with E-state index in [0.717, 1.165) is 0 Å². The highest BCUT2D eigenvalue weighted by atomic mass is 16.5. The number of ether oxygens (including phenoxy) is 2. The Kier molecular flexibility index (Phi) is 4.33. The molecule has 2 aromatic rings. The molecule has 0 aliphatic carbocycles. The second-order valence-corrected chi connectivity index (χ2v) is 5.74.